The molecule has 18 heavy (non-hydrogen) atoms. The summed E-state index contributed by atoms with van der Waals surface area (Å²) in [5.74, 6) is -0.776. The Morgan fingerprint density at radius 3 is 2.61 bits per heavy atom. The zero-order valence-corrected chi connectivity index (χ0v) is 9.45. The molecule has 0 amide bonds. The molecule has 0 radical (unpaired) electrons. The molecule has 2 aromatic rings. The van der Waals surface area contributed by atoms with Crippen molar-refractivity contribution in [1.82, 2.24) is 14.6 Å². The number of rotatable bonds is 1. The van der Waals surface area contributed by atoms with Gasteiger partial charge in [-0.3, -0.25) is 0 Å². The first-order valence-electron chi connectivity index (χ1n) is 4.86. The highest BCUT2D eigenvalue weighted by molar-refractivity contribution is 5.88. The summed E-state index contributed by atoms with van der Waals surface area (Å²) in [6.07, 6.45) is -4.59. The lowest BCUT2D eigenvalue weighted by molar-refractivity contribution is -0.141. The van der Waals surface area contributed by atoms with Crippen LogP contribution in [0.15, 0.2) is 12.1 Å². The van der Waals surface area contributed by atoms with Gasteiger partial charge in [-0.1, -0.05) is 0 Å². The van der Waals surface area contributed by atoms with E-state index in [0.29, 0.717) is 5.69 Å². The molecule has 2 aromatic heterocycles. The Kier molecular flexibility index (Phi) is 2.72. The Hall–Kier alpha value is -2.12. The first-order chi connectivity index (χ1) is 8.32. The van der Waals surface area contributed by atoms with Gasteiger partial charge >= 0.3 is 12.1 Å². The maximum atomic E-state index is 12.5. The third-order valence-corrected chi connectivity index (χ3v) is 2.24. The fourth-order valence-corrected chi connectivity index (χ4v) is 1.49. The number of ether oxygens (including phenoxy) is 1. The van der Waals surface area contributed by atoms with Gasteiger partial charge in [-0.25, -0.2) is 14.3 Å². The minimum atomic E-state index is -4.59. The second kappa shape index (κ2) is 3.97. The van der Waals surface area contributed by atoms with Crippen LogP contribution in [0.25, 0.3) is 5.65 Å². The van der Waals surface area contributed by atoms with Crippen molar-refractivity contribution in [3.8, 4) is 0 Å². The number of methoxy groups -OCH3 is 1. The van der Waals surface area contributed by atoms with E-state index in [9.17, 15) is 18.0 Å². The summed E-state index contributed by atoms with van der Waals surface area (Å²) in [5.41, 5.74) is -0.861. The number of carbonyl (C=O) groups is 1. The van der Waals surface area contributed by atoms with Gasteiger partial charge in [0.05, 0.1) is 7.11 Å². The third kappa shape index (κ3) is 2.01. The van der Waals surface area contributed by atoms with E-state index >= 15 is 0 Å². The molecule has 0 atom stereocenters. The second-order valence-corrected chi connectivity index (χ2v) is 3.57. The molecule has 0 N–H and O–H groups in total. The van der Waals surface area contributed by atoms with Crippen LogP contribution in [0.4, 0.5) is 13.2 Å². The highest BCUT2D eigenvalue weighted by Gasteiger charge is 2.35. The van der Waals surface area contributed by atoms with E-state index in [1.54, 1.807) is 6.92 Å². The normalized spacial score (nSPS) is 11.8. The predicted molar refractivity (Wildman–Crippen MR) is 54.1 cm³/mol. The minimum Gasteiger partial charge on any atom is -0.464 e. The summed E-state index contributed by atoms with van der Waals surface area (Å²) in [5, 5.41) is 3.32. The zero-order chi connectivity index (χ0) is 13.5. The van der Waals surface area contributed by atoms with Gasteiger partial charge in [0.15, 0.2) is 17.0 Å². The average molecular weight is 259 g/mol. The van der Waals surface area contributed by atoms with Crippen molar-refractivity contribution in [3.05, 3.63) is 29.2 Å². The lowest BCUT2D eigenvalue weighted by atomic mass is 10.3. The number of hydrogen-bond donors (Lipinski definition) is 0. The van der Waals surface area contributed by atoms with Gasteiger partial charge in [0.2, 0.25) is 0 Å². The minimum absolute atomic E-state index is 0.0530. The monoisotopic (exact) mass is 259 g/mol. The molecule has 0 aromatic carbocycles. The Labute approximate surface area is 99.2 Å². The van der Waals surface area contributed by atoms with Gasteiger partial charge in [0.25, 0.3) is 0 Å². The number of aromatic nitrogens is 3. The van der Waals surface area contributed by atoms with Crippen molar-refractivity contribution in [2.75, 3.05) is 7.11 Å². The Bertz CT molecular complexity index is 619. The molecule has 0 aliphatic rings. The maximum Gasteiger partial charge on any atom is 0.435 e. The van der Waals surface area contributed by atoms with Crippen LogP contribution in [0.3, 0.4) is 0 Å². The molecule has 96 valence electrons. The van der Waals surface area contributed by atoms with Crippen LogP contribution in [0.5, 0.6) is 0 Å². The van der Waals surface area contributed by atoms with Crippen LogP contribution < -0.4 is 0 Å². The van der Waals surface area contributed by atoms with E-state index in [0.717, 1.165) is 17.7 Å². The Morgan fingerprint density at radius 2 is 2.06 bits per heavy atom. The van der Waals surface area contributed by atoms with Crippen LogP contribution in [0, 0.1) is 6.92 Å². The molecule has 0 bridgehead atoms. The fourth-order valence-electron chi connectivity index (χ4n) is 1.49. The van der Waals surface area contributed by atoms with Gasteiger partial charge in [-0.2, -0.15) is 18.3 Å². The highest BCUT2D eigenvalue weighted by Crippen LogP contribution is 2.28. The van der Waals surface area contributed by atoms with Gasteiger partial charge in [0.1, 0.15) is 0 Å². The van der Waals surface area contributed by atoms with Gasteiger partial charge in [0, 0.05) is 11.8 Å². The summed E-state index contributed by atoms with van der Waals surface area (Å²) < 4.78 is 42.9. The van der Waals surface area contributed by atoms with E-state index in [2.05, 4.69) is 14.8 Å². The molecule has 0 spiro atoms. The summed E-state index contributed by atoms with van der Waals surface area (Å²) in [7, 11) is 1.14. The number of esters is 1. The molecule has 5 nitrogen and oxygen atoms in total. The van der Waals surface area contributed by atoms with Gasteiger partial charge in [-0.05, 0) is 13.0 Å². The van der Waals surface area contributed by atoms with Crippen LogP contribution in [0.1, 0.15) is 21.9 Å². The van der Waals surface area contributed by atoms with Crippen molar-refractivity contribution in [1.29, 1.82) is 0 Å². The lowest BCUT2D eigenvalue weighted by Crippen LogP contribution is -2.12. The molecular weight excluding hydrogens is 251 g/mol. The number of alkyl halides is 3. The molecule has 0 fully saturated rings. The fraction of sp³-hybridized carbons (Fsp3) is 0.300. The van der Waals surface area contributed by atoms with E-state index in [4.69, 9.17) is 0 Å². The van der Waals surface area contributed by atoms with Crippen LogP contribution in [-0.4, -0.2) is 27.7 Å². The van der Waals surface area contributed by atoms with E-state index < -0.39 is 17.8 Å². The lowest BCUT2D eigenvalue weighted by Gasteiger charge is -2.03. The number of carbonyl (C=O) groups excluding carboxylic acids is 1. The molecule has 8 heteroatoms. The molecule has 0 saturated heterocycles. The van der Waals surface area contributed by atoms with Crippen LogP contribution in [-0.2, 0) is 10.9 Å². The zero-order valence-electron chi connectivity index (χ0n) is 9.45. The number of hydrogen-bond acceptors (Lipinski definition) is 4. The summed E-state index contributed by atoms with van der Waals surface area (Å²) in [4.78, 5) is 15.3. The number of halogens is 3. The molecule has 0 saturated carbocycles. The first kappa shape index (κ1) is 12.3. The molecule has 0 unspecified atom stereocenters. The topological polar surface area (TPSA) is 56.5 Å². The van der Waals surface area contributed by atoms with E-state index in [1.807, 2.05) is 0 Å². The molecule has 0 aliphatic heterocycles. The highest BCUT2D eigenvalue weighted by atomic mass is 19.4. The molecule has 2 heterocycles. The third-order valence-electron chi connectivity index (χ3n) is 2.24. The van der Waals surface area contributed by atoms with Crippen molar-refractivity contribution in [3.63, 3.8) is 0 Å². The second-order valence-electron chi connectivity index (χ2n) is 3.57. The summed E-state index contributed by atoms with van der Waals surface area (Å²) in [6.45, 7) is 1.56. The van der Waals surface area contributed by atoms with Gasteiger partial charge < -0.3 is 4.74 Å². The standard InChI is InChI=1S/C10H8F3N3O2/c1-5-3-6(9(17)18-2)16-8(14-5)4-7(15-16)10(11,12)13/h3-4H,1-2H3. The Balaban J connectivity index is 2.72. The molecule has 2 rings (SSSR count). The average Bonchev–Trinajstić information content (AvgIpc) is 2.70. The number of fused-ring (bicyclic) bond motifs is 1. The van der Waals surface area contributed by atoms with Crippen molar-refractivity contribution >= 4 is 11.6 Å². The van der Waals surface area contributed by atoms with E-state index in [1.165, 1.54) is 6.07 Å². The Morgan fingerprint density at radius 1 is 1.39 bits per heavy atom. The number of aryl methyl sites for hydroxylation is 1. The quantitative estimate of drug-likeness (QED) is 0.733. The van der Waals surface area contributed by atoms with Crippen LogP contribution in [0.2, 0.25) is 0 Å². The summed E-state index contributed by atoms with van der Waals surface area (Å²) in [6, 6.07) is 2.09. The molecule has 0 aliphatic carbocycles. The van der Waals surface area contributed by atoms with Crippen molar-refractivity contribution in [2.24, 2.45) is 0 Å². The van der Waals surface area contributed by atoms with Crippen molar-refractivity contribution < 1.29 is 22.7 Å². The number of nitrogens with zero attached hydrogens (tertiary/aromatic N) is 3. The smallest absolute Gasteiger partial charge is 0.435 e. The maximum absolute atomic E-state index is 12.5. The van der Waals surface area contributed by atoms with Crippen LogP contribution >= 0.6 is 0 Å². The first-order valence-corrected chi connectivity index (χ1v) is 4.86. The predicted octanol–water partition coefficient (Wildman–Crippen LogP) is 1.84. The van der Waals surface area contributed by atoms with Crippen molar-refractivity contribution in [2.45, 2.75) is 13.1 Å². The largest absolute Gasteiger partial charge is 0.464 e. The summed E-state index contributed by atoms with van der Waals surface area (Å²) >= 11 is 0. The van der Waals surface area contributed by atoms with E-state index in [-0.39, 0.29) is 11.3 Å². The SMILES string of the molecule is COC(=O)c1cc(C)nc2cc(C(F)(F)F)nn12. The molecular formula is C10H8F3N3O2. The van der Waals surface area contributed by atoms with Gasteiger partial charge in [-0.15, -0.1) is 0 Å².